The van der Waals surface area contributed by atoms with E-state index in [1.807, 2.05) is 61.5 Å². The van der Waals surface area contributed by atoms with E-state index in [4.69, 9.17) is 0 Å². The molecule has 1 aromatic heterocycles. The molecule has 5 aromatic rings. The zero-order valence-electron chi connectivity index (χ0n) is 20.3. The van der Waals surface area contributed by atoms with Gasteiger partial charge in [0.05, 0.1) is 16.1 Å². The number of nitrogens with zero attached hydrogens (tertiary/aromatic N) is 1. The molecule has 0 saturated heterocycles. The summed E-state index contributed by atoms with van der Waals surface area (Å²) in [6, 6.07) is 35.8. The van der Waals surface area contributed by atoms with Crippen LogP contribution < -0.4 is 0 Å². The van der Waals surface area contributed by atoms with Crippen molar-refractivity contribution in [2.75, 3.05) is 0 Å². The monoisotopic (exact) mass is 489 g/mol. The van der Waals surface area contributed by atoms with Crippen LogP contribution in [0.25, 0.3) is 22.0 Å². The van der Waals surface area contributed by atoms with E-state index in [1.165, 1.54) is 5.57 Å². The molecule has 4 aromatic carbocycles. The molecule has 4 heteroatoms. The molecule has 1 unspecified atom stereocenters. The van der Waals surface area contributed by atoms with Crippen LogP contribution in [-0.2, 0) is 10.0 Å². The average Bonchev–Trinajstić information content (AvgIpc) is 3.42. The maximum atomic E-state index is 14.3. The van der Waals surface area contributed by atoms with Crippen LogP contribution in [0.4, 0.5) is 0 Å². The Morgan fingerprint density at radius 2 is 1.31 bits per heavy atom. The molecule has 1 aliphatic carbocycles. The highest BCUT2D eigenvalue weighted by molar-refractivity contribution is 7.90. The molecule has 1 heterocycles. The van der Waals surface area contributed by atoms with Crippen LogP contribution in [-0.4, -0.2) is 12.4 Å². The Balaban J connectivity index is 1.75. The van der Waals surface area contributed by atoms with Gasteiger partial charge in [-0.1, -0.05) is 103 Å². The Kier molecular flexibility index (Phi) is 5.42. The number of hydrogen-bond acceptors (Lipinski definition) is 2. The van der Waals surface area contributed by atoms with E-state index in [1.54, 1.807) is 16.1 Å². The van der Waals surface area contributed by atoms with Gasteiger partial charge >= 0.3 is 0 Å². The Morgan fingerprint density at radius 3 is 1.94 bits per heavy atom. The van der Waals surface area contributed by atoms with Crippen LogP contribution >= 0.6 is 0 Å². The second-order valence-corrected chi connectivity index (χ2v) is 11.1. The fraction of sp³-hybridized carbons (Fsp3) is 0.125. The number of benzene rings is 4. The highest BCUT2D eigenvalue weighted by Crippen LogP contribution is 2.54. The van der Waals surface area contributed by atoms with E-state index in [-0.39, 0.29) is 5.92 Å². The lowest BCUT2D eigenvalue weighted by Crippen LogP contribution is -2.17. The lowest BCUT2D eigenvalue weighted by atomic mass is 9.88. The Hall–Kier alpha value is -3.89. The third-order valence-corrected chi connectivity index (χ3v) is 8.92. The maximum Gasteiger partial charge on any atom is 0.268 e. The van der Waals surface area contributed by atoms with Gasteiger partial charge in [0.2, 0.25) is 0 Å². The lowest BCUT2D eigenvalue weighted by Gasteiger charge is -2.20. The van der Waals surface area contributed by atoms with Crippen LogP contribution in [0.5, 0.6) is 0 Å². The predicted octanol–water partition coefficient (Wildman–Crippen LogP) is 7.65. The summed E-state index contributed by atoms with van der Waals surface area (Å²) in [5, 5.41) is 0.964. The van der Waals surface area contributed by atoms with Gasteiger partial charge in [-0.2, -0.15) is 0 Å². The number of allylic oxidation sites excluding steroid dienone is 1. The average molecular weight is 490 g/mol. The number of hydrogen-bond donors (Lipinski definition) is 0. The summed E-state index contributed by atoms with van der Waals surface area (Å²) in [7, 11) is -3.83. The first-order chi connectivity index (χ1) is 17.5. The van der Waals surface area contributed by atoms with Gasteiger partial charge in [-0.05, 0) is 53.8 Å². The zero-order chi connectivity index (χ0) is 24.9. The van der Waals surface area contributed by atoms with Crippen molar-refractivity contribution in [3.8, 4) is 0 Å². The van der Waals surface area contributed by atoms with Gasteiger partial charge in [0.1, 0.15) is 0 Å². The van der Waals surface area contributed by atoms with Crippen LogP contribution in [0.3, 0.4) is 0 Å². The first-order valence-electron chi connectivity index (χ1n) is 12.3. The minimum absolute atomic E-state index is 0.0646. The van der Waals surface area contributed by atoms with Crippen molar-refractivity contribution in [1.82, 2.24) is 3.97 Å². The molecule has 0 bridgehead atoms. The van der Waals surface area contributed by atoms with Crippen molar-refractivity contribution >= 4 is 32.1 Å². The third kappa shape index (κ3) is 3.36. The molecule has 0 saturated carbocycles. The molecule has 1 atom stereocenters. The Morgan fingerprint density at radius 1 is 0.722 bits per heavy atom. The zero-order valence-corrected chi connectivity index (χ0v) is 21.2. The molecule has 0 fully saturated rings. The number of aryl methyl sites for hydroxylation is 1. The number of rotatable bonds is 5. The second-order valence-electron chi connectivity index (χ2n) is 9.34. The van der Waals surface area contributed by atoms with Gasteiger partial charge in [0, 0.05) is 16.9 Å². The first kappa shape index (κ1) is 22.6. The molecule has 6 rings (SSSR count). The smallest absolute Gasteiger partial charge is 0.237 e. The van der Waals surface area contributed by atoms with Gasteiger partial charge in [-0.25, -0.2) is 12.4 Å². The van der Waals surface area contributed by atoms with Crippen molar-refractivity contribution in [3.63, 3.8) is 0 Å². The molecule has 0 aliphatic heterocycles. The highest BCUT2D eigenvalue weighted by Gasteiger charge is 2.40. The van der Waals surface area contributed by atoms with Crippen LogP contribution in [0.1, 0.15) is 47.2 Å². The second kappa shape index (κ2) is 8.65. The molecule has 0 spiro atoms. The number of aromatic nitrogens is 1. The summed E-state index contributed by atoms with van der Waals surface area (Å²) >= 11 is 0. The normalized spacial score (nSPS) is 15.4. The standard InChI is InChI=1S/C32H27NO2S/c1-3-26-29(23-12-6-4-7-13-23)30(24-14-8-5-9-15-24)31-27-16-10-11-17-28(27)33(32(26)31)36(34,35)25-20-18-22(2)19-21-25/h4-21,26H,3H2,1-2H3. The van der Waals surface area contributed by atoms with E-state index < -0.39 is 10.0 Å². The van der Waals surface area contributed by atoms with Gasteiger partial charge < -0.3 is 0 Å². The summed E-state index contributed by atoms with van der Waals surface area (Å²) in [6.45, 7) is 4.11. The molecular weight excluding hydrogens is 462 g/mol. The van der Waals surface area contributed by atoms with Crippen LogP contribution in [0.2, 0.25) is 0 Å². The largest absolute Gasteiger partial charge is 0.268 e. The summed E-state index contributed by atoms with van der Waals surface area (Å²) in [6.07, 6.45) is 0.785. The Bertz CT molecular complexity index is 1710. The summed E-state index contributed by atoms with van der Waals surface area (Å²) < 4.78 is 30.2. The van der Waals surface area contributed by atoms with Crippen molar-refractivity contribution in [3.05, 3.63) is 137 Å². The highest BCUT2D eigenvalue weighted by atomic mass is 32.2. The number of fused-ring (bicyclic) bond motifs is 3. The molecular formula is C32H27NO2S. The van der Waals surface area contributed by atoms with E-state index in [0.717, 1.165) is 50.8 Å². The molecule has 3 nitrogen and oxygen atoms in total. The maximum absolute atomic E-state index is 14.3. The van der Waals surface area contributed by atoms with E-state index in [2.05, 4.69) is 49.4 Å². The predicted molar refractivity (Wildman–Crippen MR) is 148 cm³/mol. The van der Waals surface area contributed by atoms with Crippen molar-refractivity contribution in [2.45, 2.75) is 31.1 Å². The minimum atomic E-state index is -3.83. The van der Waals surface area contributed by atoms with E-state index in [0.29, 0.717) is 4.90 Å². The van der Waals surface area contributed by atoms with Crippen molar-refractivity contribution in [1.29, 1.82) is 0 Å². The summed E-state index contributed by atoms with van der Waals surface area (Å²) in [5.41, 5.74) is 8.18. The Labute approximate surface area is 212 Å². The minimum Gasteiger partial charge on any atom is -0.237 e. The fourth-order valence-electron chi connectivity index (χ4n) is 5.60. The summed E-state index contributed by atoms with van der Waals surface area (Å²) in [5.74, 6) is -0.0646. The van der Waals surface area contributed by atoms with E-state index in [9.17, 15) is 8.42 Å². The number of para-hydroxylation sites is 1. The third-order valence-electron chi connectivity index (χ3n) is 7.18. The van der Waals surface area contributed by atoms with Gasteiger partial charge in [0.15, 0.2) is 0 Å². The topological polar surface area (TPSA) is 39.1 Å². The van der Waals surface area contributed by atoms with Crippen LogP contribution in [0.15, 0.2) is 114 Å². The molecule has 0 N–H and O–H groups in total. The van der Waals surface area contributed by atoms with Gasteiger partial charge in [-0.3, -0.25) is 0 Å². The molecule has 36 heavy (non-hydrogen) atoms. The first-order valence-corrected chi connectivity index (χ1v) is 13.8. The van der Waals surface area contributed by atoms with Crippen LogP contribution in [0, 0.1) is 6.92 Å². The lowest BCUT2D eigenvalue weighted by molar-refractivity contribution is 0.585. The quantitative estimate of drug-likeness (QED) is 0.254. The molecule has 1 aliphatic rings. The molecule has 178 valence electrons. The molecule has 0 amide bonds. The van der Waals surface area contributed by atoms with Crippen molar-refractivity contribution < 1.29 is 8.42 Å². The molecule has 0 radical (unpaired) electrons. The SMILES string of the molecule is CCC1C(c2ccccc2)=C(c2ccccc2)c2c1n(S(=O)(=O)c1ccc(C)cc1)c1ccccc21. The van der Waals surface area contributed by atoms with E-state index >= 15 is 0 Å². The van der Waals surface area contributed by atoms with Crippen molar-refractivity contribution in [2.24, 2.45) is 0 Å². The van der Waals surface area contributed by atoms with Gasteiger partial charge in [0.25, 0.3) is 10.0 Å². The fourth-order valence-corrected chi connectivity index (χ4v) is 7.18. The van der Waals surface area contributed by atoms with Gasteiger partial charge in [-0.15, -0.1) is 0 Å². The summed E-state index contributed by atoms with van der Waals surface area (Å²) in [4.78, 5) is 0.306.